The van der Waals surface area contributed by atoms with Crippen molar-refractivity contribution in [3.8, 4) is 0 Å². The molecular formula is C23H32N2O8. The minimum absolute atomic E-state index is 0.0524. The Labute approximate surface area is 192 Å². The number of hydrogen-bond donors (Lipinski definition) is 5. The number of nitrogens with zero attached hydrogens (tertiary/aromatic N) is 1. The molecule has 1 aromatic carbocycles. The van der Waals surface area contributed by atoms with Gasteiger partial charge in [0.2, 0.25) is 6.29 Å². The van der Waals surface area contributed by atoms with Crippen molar-refractivity contribution in [3.63, 3.8) is 0 Å². The molecule has 0 aliphatic carbocycles. The van der Waals surface area contributed by atoms with Crippen molar-refractivity contribution in [2.75, 3.05) is 25.6 Å². The van der Waals surface area contributed by atoms with Crippen molar-refractivity contribution in [2.24, 2.45) is 5.92 Å². The van der Waals surface area contributed by atoms with E-state index >= 15 is 0 Å². The maximum atomic E-state index is 12.6. The lowest BCUT2D eigenvalue weighted by molar-refractivity contribution is -0.312. The highest BCUT2D eigenvalue weighted by Gasteiger charge is 2.44. The molecule has 2 rings (SSSR count). The molecule has 1 saturated heterocycles. The van der Waals surface area contributed by atoms with E-state index in [1.807, 2.05) is 31.1 Å². The Morgan fingerprint density at radius 1 is 1.12 bits per heavy atom. The number of allylic oxidation sites excluding steroid dienone is 3. The smallest absolute Gasteiger partial charge is 0.267 e. The maximum absolute atomic E-state index is 12.6. The number of hydrogen-bond acceptors (Lipinski definition) is 9. The molecule has 0 aromatic heterocycles. The summed E-state index contributed by atoms with van der Waals surface area (Å²) < 4.78 is 5.13. The van der Waals surface area contributed by atoms with Gasteiger partial charge >= 0.3 is 0 Å². The minimum atomic E-state index is -1.63. The van der Waals surface area contributed by atoms with Gasteiger partial charge in [-0.1, -0.05) is 24.6 Å². The Morgan fingerprint density at radius 2 is 1.76 bits per heavy atom. The van der Waals surface area contributed by atoms with Crippen LogP contribution in [-0.2, 0) is 14.4 Å². The molecule has 182 valence electrons. The predicted octanol–water partition coefficient (Wildman–Crippen LogP) is -0.0784. The van der Waals surface area contributed by atoms with Crippen LogP contribution in [0.25, 0.3) is 0 Å². The number of nitrogens with one attached hydrogen (secondary N) is 1. The Morgan fingerprint density at radius 3 is 2.33 bits per heavy atom. The quantitative estimate of drug-likeness (QED) is 0.146. The topological polar surface area (TPSA) is 149 Å². The summed E-state index contributed by atoms with van der Waals surface area (Å²) >= 11 is 0. The monoisotopic (exact) mass is 464 g/mol. The first-order valence-corrected chi connectivity index (χ1v) is 10.5. The summed E-state index contributed by atoms with van der Waals surface area (Å²) in [5.41, 5.74) is 4.30. The van der Waals surface area contributed by atoms with Crippen LogP contribution in [0.4, 0.5) is 5.69 Å². The van der Waals surface area contributed by atoms with E-state index in [2.05, 4.69) is 5.48 Å². The van der Waals surface area contributed by atoms with Gasteiger partial charge in [-0.25, -0.2) is 10.3 Å². The standard InChI is InChI=1S/C23H32N2O8/c1-13(11-14(2)19(28)15-6-8-16(9-7-15)25(3)4)5-10-18(27)24-33-23-22(31)21(30)20(29)17(12-26)32-23/h5-11,14,17,20-23,26,29-31H,12H2,1-4H3,(H,24,27)/b10-5+,13-11+/t14-,17-,20-,21-,22+,23-/m1/s1. The van der Waals surface area contributed by atoms with Crippen molar-refractivity contribution in [1.82, 2.24) is 5.48 Å². The molecule has 0 saturated carbocycles. The summed E-state index contributed by atoms with van der Waals surface area (Å²) in [5, 5.41) is 38.5. The van der Waals surface area contributed by atoms with Crippen molar-refractivity contribution in [3.05, 3.63) is 53.6 Å². The second-order valence-electron chi connectivity index (χ2n) is 8.12. The molecule has 33 heavy (non-hydrogen) atoms. The summed E-state index contributed by atoms with van der Waals surface area (Å²) in [7, 11) is 3.84. The highest BCUT2D eigenvalue weighted by atomic mass is 16.8. The minimum Gasteiger partial charge on any atom is -0.394 e. The third-order valence-corrected chi connectivity index (χ3v) is 5.22. The number of ether oxygens (including phenoxy) is 1. The number of rotatable bonds is 9. The molecule has 6 atom stereocenters. The molecule has 1 heterocycles. The van der Waals surface area contributed by atoms with Gasteiger partial charge in [-0.15, -0.1) is 0 Å². The fourth-order valence-electron chi connectivity index (χ4n) is 3.23. The van der Waals surface area contributed by atoms with E-state index in [1.54, 1.807) is 32.1 Å². The number of anilines is 1. The molecule has 0 radical (unpaired) electrons. The lowest BCUT2D eigenvalue weighted by Crippen LogP contribution is -2.60. The van der Waals surface area contributed by atoms with Crippen molar-refractivity contribution in [2.45, 2.75) is 44.6 Å². The van der Waals surface area contributed by atoms with Gasteiger partial charge in [0.25, 0.3) is 5.91 Å². The third-order valence-electron chi connectivity index (χ3n) is 5.22. The molecule has 1 aromatic rings. The highest BCUT2D eigenvalue weighted by molar-refractivity contribution is 5.99. The molecule has 5 N–H and O–H groups in total. The maximum Gasteiger partial charge on any atom is 0.267 e. The fraction of sp³-hybridized carbons (Fsp3) is 0.478. The van der Waals surface area contributed by atoms with Gasteiger partial charge in [-0.05, 0) is 31.2 Å². The second kappa shape index (κ2) is 12.0. The SMILES string of the molecule is CC(/C=C/C(=O)NO[C@H]1O[C@H](CO)[C@@H](O)[C@@H](O)[C@@H]1O)=C\[C@@H](C)C(=O)c1ccc(N(C)C)cc1. The summed E-state index contributed by atoms with van der Waals surface area (Å²) in [6, 6.07) is 7.29. The molecule has 1 aliphatic heterocycles. The molecule has 0 spiro atoms. The van der Waals surface area contributed by atoms with Crippen molar-refractivity contribution < 1.29 is 39.6 Å². The fourth-order valence-corrected chi connectivity index (χ4v) is 3.23. The summed E-state index contributed by atoms with van der Waals surface area (Å²) in [6.07, 6.45) is -3.02. The largest absolute Gasteiger partial charge is 0.394 e. The van der Waals surface area contributed by atoms with E-state index in [-0.39, 0.29) is 5.78 Å². The lowest BCUT2D eigenvalue weighted by Gasteiger charge is -2.38. The average molecular weight is 465 g/mol. The van der Waals surface area contributed by atoms with Crippen LogP contribution in [0, 0.1) is 5.92 Å². The molecule has 1 amide bonds. The van der Waals surface area contributed by atoms with Crippen molar-refractivity contribution in [1.29, 1.82) is 0 Å². The van der Waals surface area contributed by atoms with E-state index in [0.29, 0.717) is 11.1 Å². The molecule has 1 aliphatic rings. The van der Waals surface area contributed by atoms with E-state index < -0.39 is 49.1 Å². The Bertz CT molecular complexity index is 866. The van der Waals surface area contributed by atoms with Crippen LogP contribution in [0.5, 0.6) is 0 Å². The van der Waals surface area contributed by atoms with Gasteiger partial charge in [-0.3, -0.25) is 9.59 Å². The van der Waals surface area contributed by atoms with Gasteiger partial charge in [0, 0.05) is 37.3 Å². The number of ketones is 1. The van der Waals surface area contributed by atoms with E-state index in [9.17, 15) is 24.9 Å². The molecular weight excluding hydrogens is 432 g/mol. The zero-order valence-corrected chi connectivity index (χ0v) is 19.1. The number of aliphatic hydroxyl groups excluding tert-OH is 4. The van der Waals surface area contributed by atoms with Crippen LogP contribution in [0.2, 0.25) is 0 Å². The first-order chi connectivity index (χ1) is 15.5. The van der Waals surface area contributed by atoms with Crippen LogP contribution < -0.4 is 10.4 Å². The second-order valence-corrected chi connectivity index (χ2v) is 8.12. The van der Waals surface area contributed by atoms with Gasteiger partial charge < -0.3 is 30.1 Å². The molecule has 0 unspecified atom stereocenters. The molecule has 0 bridgehead atoms. The summed E-state index contributed by atoms with van der Waals surface area (Å²) in [5.74, 6) is -1.14. The molecule has 1 fully saturated rings. The number of carbonyl (C=O) groups is 2. The normalized spacial score (nSPS) is 26.8. The Hall–Kier alpha value is -2.60. The lowest BCUT2D eigenvalue weighted by atomic mass is 9.97. The first-order valence-electron chi connectivity index (χ1n) is 10.5. The van der Waals surface area contributed by atoms with Crippen molar-refractivity contribution >= 4 is 17.4 Å². The summed E-state index contributed by atoms with van der Waals surface area (Å²) in [6.45, 7) is 2.89. The Kier molecular flexibility index (Phi) is 9.71. The average Bonchev–Trinajstić information content (AvgIpc) is 2.80. The number of carbonyl (C=O) groups excluding carboxylic acids is 2. The third kappa shape index (κ3) is 7.19. The number of Topliss-reactive ketones (excluding diaryl/α,β-unsaturated/α-hetero) is 1. The van der Waals surface area contributed by atoms with Gasteiger partial charge in [0.15, 0.2) is 5.78 Å². The zero-order valence-electron chi connectivity index (χ0n) is 19.1. The first kappa shape index (κ1) is 26.7. The molecule has 10 heteroatoms. The van der Waals surface area contributed by atoms with E-state index in [0.717, 1.165) is 5.69 Å². The molecule has 10 nitrogen and oxygen atoms in total. The van der Waals surface area contributed by atoms with Crippen LogP contribution >= 0.6 is 0 Å². The van der Waals surface area contributed by atoms with Gasteiger partial charge in [0.05, 0.1) is 6.61 Å². The number of aliphatic hydroxyl groups is 4. The van der Waals surface area contributed by atoms with Crippen LogP contribution in [0.15, 0.2) is 48.1 Å². The van der Waals surface area contributed by atoms with Crippen LogP contribution in [-0.4, -0.2) is 83.5 Å². The summed E-state index contributed by atoms with van der Waals surface area (Å²) in [4.78, 5) is 31.5. The van der Waals surface area contributed by atoms with Crippen LogP contribution in [0.3, 0.4) is 0 Å². The highest BCUT2D eigenvalue weighted by Crippen LogP contribution is 2.21. The number of benzene rings is 1. The number of amides is 1. The number of hydroxylamine groups is 1. The van der Waals surface area contributed by atoms with Gasteiger partial charge in [0.1, 0.15) is 24.4 Å². The predicted molar refractivity (Wildman–Crippen MR) is 120 cm³/mol. The van der Waals surface area contributed by atoms with E-state index in [1.165, 1.54) is 12.2 Å². The van der Waals surface area contributed by atoms with E-state index in [4.69, 9.17) is 14.7 Å². The Balaban J connectivity index is 1.89. The zero-order chi connectivity index (χ0) is 24.7. The van der Waals surface area contributed by atoms with Gasteiger partial charge in [-0.2, -0.15) is 0 Å². The van der Waals surface area contributed by atoms with Crippen LogP contribution in [0.1, 0.15) is 24.2 Å².